The Morgan fingerprint density at radius 3 is 2.83 bits per heavy atom. The Kier molecular flexibility index (Phi) is 4.32. The Bertz CT molecular complexity index is 287. The first-order valence-corrected chi connectivity index (χ1v) is 7.19. The maximum Gasteiger partial charge on any atom is 0.0710 e. The zero-order chi connectivity index (χ0) is 13.2. The fourth-order valence-electron chi connectivity index (χ4n) is 3.47. The topological polar surface area (TPSA) is 47.7 Å². The Labute approximate surface area is 111 Å². The average molecular weight is 256 g/mol. The fourth-order valence-corrected chi connectivity index (χ4v) is 3.47. The van der Waals surface area contributed by atoms with Crippen LogP contribution >= 0.6 is 0 Å². The van der Waals surface area contributed by atoms with Crippen LogP contribution in [0.1, 0.15) is 39.5 Å². The first-order valence-electron chi connectivity index (χ1n) is 7.19. The van der Waals surface area contributed by atoms with Gasteiger partial charge in [0.25, 0.3) is 0 Å². The third-order valence-corrected chi connectivity index (χ3v) is 5.00. The fraction of sp³-hybridized carbons (Fsp3) is 1.00. The lowest BCUT2D eigenvalue weighted by Crippen LogP contribution is -2.60. The summed E-state index contributed by atoms with van der Waals surface area (Å²) in [6.07, 6.45) is 4.65. The van der Waals surface area contributed by atoms with Gasteiger partial charge in [-0.05, 0) is 32.6 Å². The second-order valence-corrected chi connectivity index (χ2v) is 6.10. The van der Waals surface area contributed by atoms with Crippen molar-refractivity contribution in [3.8, 4) is 0 Å². The third-order valence-electron chi connectivity index (χ3n) is 5.00. The van der Waals surface area contributed by atoms with E-state index < -0.39 is 0 Å². The predicted molar refractivity (Wildman–Crippen MR) is 72.7 cm³/mol. The molecule has 18 heavy (non-hydrogen) atoms. The first kappa shape index (κ1) is 14.3. The van der Waals surface area contributed by atoms with Crippen LogP contribution in [0.4, 0.5) is 0 Å². The molecule has 2 aliphatic heterocycles. The molecule has 0 aromatic rings. The van der Waals surface area contributed by atoms with Crippen LogP contribution in [-0.4, -0.2) is 55.5 Å². The van der Waals surface area contributed by atoms with E-state index in [1.54, 1.807) is 0 Å². The summed E-state index contributed by atoms with van der Waals surface area (Å²) in [4.78, 5) is 2.55. The van der Waals surface area contributed by atoms with Gasteiger partial charge in [0.15, 0.2) is 0 Å². The Hall–Kier alpha value is -0.160. The van der Waals surface area contributed by atoms with E-state index in [0.29, 0.717) is 6.10 Å². The highest BCUT2D eigenvalue weighted by Gasteiger charge is 2.47. The monoisotopic (exact) mass is 256 g/mol. The molecule has 0 aromatic carbocycles. The number of nitrogens with zero attached hydrogens (tertiary/aromatic N) is 1. The normalized spacial score (nSPS) is 42.3. The Morgan fingerprint density at radius 2 is 2.28 bits per heavy atom. The number of methoxy groups -OCH3 is 1. The van der Waals surface area contributed by atoms with Gasteiger partial charge in [0.2, 0.25) is 0 Å². The lowest BCUT2D eigenvalue weighted by Gasteiger charge is -2.50. The van der Waals surface area contributed by atoms with Crippen LogP contribution in [0.15, 0.2) is 0 Å². The number of rotatable bonds is 4. The summed E-state index contributed by atoms with van der Waals surface area (Å²) in [6.45, 7) is 8.11. The number of nitrogens with two attached hydrogens (primary N) is 1. The van der Waals surface area contributed by atoms with Crippen molar-refractivity contribution in [1.29, 1.82) is 0 Å². The summed E-state index contributed by atoms with van der Waals surface area (Å²) in [5.74, 6) is 0. The van der Waals surface area contributed by atoms with Gasteiger partial charge in [-0.1, -0.05) is 6.92 Å². The van der Waals surface area contributed by atoms with Gasteiger partial charge in [0, 0.05) is 38.9 Å². The van der Waals surface area contributed by atoms with E-state index >= 15 is 0 Å². The molecule has 2 saturated heterocycles. The third kappa shape index (κ3) is 2.57. The minimum absolute atomic E-state index is 0.0111. The van der Waals surface area contributed by atoms with Crippen LogP contribution in [0.2, 0.25) is 0 Å². The summed E-state index contributed by atoms with van der Waals surface area (Å²) >= 11 is 0. The van der Waals surface area contributed by atoms with Gasteiger partial charge < -0.3 is 15.2 Å². The molecule has 0 saturated carbocycles. The SMILES string of the molecule is CCC1(C)CC(CN)(N2CCC(OC)C2)CCO1. The predicted octanol–water partition coefficient (Wildman–Crippen LogP) is 1.38. The number of ether oxygens (including phenoxy) is 2. The molecule has 0 bridgehead atoms. The molecular formula is C14H28N2O2. The van der Waals surface area contributed by atoms with Crippen LogP contribution < -0.4 is 5.73 Å². The van der Waals surface area contributed by atoms with Crippen molar-refractivity contribution in [2.75, 3.05) is 33.4 Å². The molecule has 0 radical (unpaired) electrons. The molecule has 0 aliphatic carbocycles. The second kappa shape index (κ2) is 5.45. The summed E-state index contributed by atoms with van der Waals surface area (Å²) in [5, 5.41) is 0. The van der Waals surface area contributed by atoms with E-state index in [9.17, 15) is 0 Å². The lowest BCUT2D eigenvalue weighted by molar-refractivity contribution is -0.126. The molecule has 2 N–H and O–H groups in total. The maximum absolute atomic E-state index is 6.14. The standard InChI is InChI=1S/C14H28N2O2/c1-4-13(2)10-14(11-15,6-8-18-13)16-7-5-12(9-16)17-3/h12H,4-11,15H2,1-3H3. The van der Waals surface area contributed by atoms with E-state index in [2.05, 4.69) is 18.7 Å². The van der Waals surface area contributed by atoms with Crippen LogP contribution in [0, 0.1) is 0 Å². The molecule has 106 valence electrons. The van der Waals surface area contributed by atoms with Crippen molar-refractivity contribution in [3.05, 3.63) is 0 Å². The van der Waals surface area contributed by atoms with Gasteiger partial charge in [0.05, 0.1) is 11.7 Å². The van der Waals surface area contributed by atoms with E-state index in [-0.39, 0.29) is 11.1 Å². The van der Waals surface area contributed by atoms with Crippen molar-refractivity contribution in [3.63, 3.8) is 0 Å². The van der Waals surface area contributed by atoms with E-state index in [1.165, 1.54) is 0 Å². The van der Waals surface area contributed by atoms with E-state index in [0.717, 1.165) is 51.9 Å². The van der Waals surface area contributed by atoms with Gasteiger partial charge in [-0.3, -0.25) is 4.90 Å². The summed E-state index contributed by atoms with van der Waals surface area (Å²) < 4.78 is 11.5. The summed E-state index contributed by atoms with van der Waals surface area (Å²) in [5.41, 5.74) is 6.25. The van der Waals surface area contributed by atoms with Gasteiger partial charge in [-0.25, -0.2) is 0 Å². The van der Waals surface area contributed by atoms with Crippen molar-refractivity contribution >= 4 is 0 Å². The summed E-state index contributed by atoms with van der Waals surface area (Å²) in [7, 11) is 1.81. The largest absolute Gasteiger partial charge is 0.380 e. The molecule has 2 heterocycles. The molecule has 4 heteroatoms. The van der Waals surface area contributed by atoms with Crippen LogP contribution in [0.25, 0.3) is 0 Å². The van der Waals surface area contributed by atoms with Crippen LogP contribution in [0.3, 0.4) is 0 Å². The zero-order valence-electron chi connectivity index (χ0n) is 12.1. The smallest absolute Gasteiger partial charge is 0.0710 e. The van der Waals surface area contributed by atoms with Crippen LogP contribution in [-0.2, 0) is 9.47 Å². The van der Waals surface area contributed by atoms with E-state index in [1.807, 2.05) is 7.11 Å². The van der Waals surface area contributed by atoms with Gasteiger partial charge in [0.1, 0.15) is 0 Å². The quantitative estimate of drug-likeness (QED) is 0.825. The van der Waals surface area contributed by atoms with Crippen molar-refractivity contribution in [2.24, 2.45) is 5.73 Å². The Morgan fingerprint density at radius 1 is 1.50 bits per heavy atom. The zero-order valence-corrected chi connectivity index (χ0v) is 12.1. The molecule has 0 aromatic heterocycles. The summed E-state index contributed by atoms with van der Waals surface area (Å²) in [6, 6.07) is 0. The highest BCUT2D eigenvalue weighted by atomic mass is 16.5. The van der Waals surface area contributed by atoms with Gasteiger partial charge in [-0.2, -0.15) is 0 Å². The molecular weight excluding hydrogens is 228 g/mol. The van der Waals surface area contributed by atoms with Crippen molar-refractivity contribution in [2.45, 2.75) is 56.8 Å². The molecule has 3 unspecified atom stereocenters. The lowest BCUT2D eigenvalue weighted by atomic mass is 9.78. The van der Waals surface area contributed by atoms with Crippen LogP contribution in [0.5, 0.6) is 0 Å². The molecule has 0 spiro atoms. The number of likely N-dealkylation sites (tertiary alicyclic amines) is 1. The first-order chi connectivity index (χ1) is 8.57. The molecule has 2 rings (SSSR count). The van der Waals surface area contributed by atoms with Crippen molar-refractivity contribution < 1.29 is 9.47 Å². The number of hydrogen-bond donors (Lipinski definition) is 1. The highest BCUT2D eigenvalue weighted by Crippen LogP contribution is 2.39. The number of hydrogen-bond acceptors (Lipinski definition) is 4. The molecule has 2 fully saturated rings. The molecule has 0 amide bonds. The van der Waals surface area contributed by atoms with Gasteiger partial charge in [-0.15, -0.1) is 0 Å². The van der Waals surface area contributed by atoms with Gasteiger partial charge >= 0.3 is 0 Å². The second-order valence-electron chi connectivity index (χ2n) is 6.10. The van der Waals surface area contributed by atoms with Crippen molar-refractivity contribution in [1.82, 2.24) is 4.90 Å². The van der Waals surface area contributed by atoms with E-state index in [4.69, 9.17) is 15.2 Å². The maximum atomic E-state index is 6.14. The molecule has 3 atom stereocenters. The Balaban J connectivity index is 2.10. The molecule has 2 aliphatic rings. The minimum Gasteiger partial charge on any atom is -0.380 e. The average Bonchev–Trinajstić information content (AvgIpc) is 2.88. The minimum atomic E-state index is -0.0111. The molecule has 4 nitrogen and oxygen atoms in total. The highest BCUT2D eigenvalue weighted by molar-refractivity contribution is 5.02.